The molecule has 0 aromatic heterocycles. The molecule has 0 aromatic rings. The second-order valence-corrected chi connectivity index (χ2v) is 4.29. The van der Waals surface area contributed by atoms with E-state index in [0.29, 0.717) is 6.54 Å². The zero-order valence-corrected chi connectivity index (χ0v) is 11.1. The molecule has 2 atom stereocenters. The molecule has 0 amide bonds. The summed E-state index contributed by atoms with van der Waals surface area (Å²) in [6.07, 6.45) is -4.98. The number of ether oxygens (including phenoxy) is 2. The van der Waals surface area contributed by atoms with Gasteiger partial charge >= 0.3 is 12.1 Å². The van der Waals surface area contributed by atoms with Crippen molar-refractivity contribution in [2.75, 3.05) is 20.3 Å². The quantitative estimate of drug-likeness (QED) is 0.718. The molecule has 108 valence electrons. The van der Waals surface area contributed by atoms with Crippen LogP contribution in [-0.2, 0) is 14.3 Å². The van der Waals surface area contributed by atoms with E-state index < -0.39 is 30.4 Å². The van der Waals surface area contributed by atoms with Gasteiger partial charge in [-0.15, -0.1) is 0 Å². The molecule has 0 rings (SSSR count). The maximum Gasteiger partial charge on any atom is 0.411 e. The minimum absolute atomic E-state index is 0.101. The highest BCUT2D eigenvalue weighted by Crippen LogP contribution is 2.20. The Kier molecular flexibility index (Phi) is 6.62. The molecule has 0 aliphatic carbocycles. The van der Waals surface area contributed by atoms with Gasteiger partial charge in [0, 0.05) is 6.42 Å². The average Bonchev–Trinajstić information content (AvgIpc) is 2.24. The van der Waals surface area contributed by atoms with Gasteiger partial charge in [-0.05, 0) is 20.4 Å². The predicted octanol–water partition coefficient (Wildman–Crippen LogP) is 1.89. The highest BCUT2D eigenvalue weighted by molar-refractivity contribution is 5.80. The Bertz CT molecular complexity index is 271. The Balaban J connectivity index is 4.45. The van der Waals surface area contributed by atoms with Crippen molar-refractivity contribution in [2.45, 2.75) is 45.0 Å². The van der Waals surface area contributed by atoms with Crippen LogP contribution in [0.3, 0.4) is 0 Å². The van der Waals surface area contributed by atoms with Crippen LogP contribution in [0, 0.1) is 0 Å². The third kappa shape index (κ3) is 6.20. The van der Waals surface area contributed by atoms with Crippen molar-refractivity contribution in [1.29, 1.82) is 0 Å². The highest BCUT2D eigenvalue weighted by Gasteiger charge is 2.36. The van der Waals surface area contributed by atoms with E-state index >= 15 is 0 Å². The van der Waals surface area contributed by atoms with Gasteiger partial charge in [0.1, 0.15) is 12.1 Å². The number of nitrogens with one attached hydrogen (secondary N) is 1. The molecule has 4 nitrogen and oxygen atoms in total. The van der Waals surface area contributed by atoms with E-state index in [4.69, 9.17) is 0 Å². The lowest BCUT2D eigenvalue weighted by molar-refractivity contribution is -0.186. The molecule has 0 aliphatic heterocycles. The summed E-state index contributed by atoms with van der Waals surface area (Å²) in [6.45, 7) is 4.04. The zero-order chi connectivity index (χ0) is 14.4. The van der Waals surface area contributed by atoms with Crippen molar-refractivity contribution < 1.29 is 27.4 Å². The van der Waals surface area contributed by atoms with Gasteiger partial charge in [0.25, 0.3) is 0 Å². The van der Waals surface area contributed by atoms with E-state index in [9.17, 15) is 18.0 Å². The van der Waals surface area contributed by atoms with Gasteiger partial charge in [-0.25, -0.2) is 0 Å². The lowest BCUT2D eigenvalue weighted by Crippen LogP contribution is -2.52. The molecule has 0 fully saturated rings. The smallest absolute Gasteiger partial charge is 0.411 e. The van der Waals surface area contributed by atoms with Crippen LogP contribution in [0.15, 0.2) is 0 Å². The Labute approximate surface area is 105 Å². The second-order valence-electron chi connectivity index (χ2n) is 4.29. The van der Waals surface area contributed by atoms with Crippen molar-refractivity contribution in [3.63, 3.8) is 0 Å². The van der Waals surface area contributed by atoms with E-state index in [1.54, 1.807) is 13.8 Å². The van der Waals surface area contributed by atoms with Crippen LogP contribution >= 0.6 is 0 Å². The van der Waals surface area contributed by atoms with E-state index in [1.807, 2.05) is 0 Å². The number of hydrogen-bond donors (Lipinski definition) is 1. The summed E-state index contributed by atoms with van der Waals surface area (Å²) in [5, 5.41) is 2.90. The highest BCUT2D eigenvalue weighted by atomic mass is 19.4. The Hall–Kier alpha value is -0.820. The first-order chi connectivity index (χ1) is 8.14. The Morgan fingerprint density at radius 1 is 1.39 bits per heavy atom. The maximum absolute atomic E-state index is 12.0. The number of hydrogen-bond acceptors (Lipinski definition) is 4. The van der Waals surface area contributed by atoms with E-state index in [0.717, 1.165) is 0 Å². The van der Waals surface area contributed by atoms with Crippen molar-refractivity contribution in [3.05, 3.63) is 0 Å². The largest absolute Gasteiger partial charge is 0.468 e. The van der Waals surface area contributed by atoms with Crippen LogP contribution < -0.4 is 5.32 Å². The molecule has 0 bridgehead atoms. The standard InChI is InChI=1S/C11H20F3NO3/c1-5-15-10(3,9(16)17-4)6-8(2)18-7-11(12,13)14/h8,15H,5-7H2,1-4H3. The van der Waals surface area contributed by atoms with E-state index in [-0.39, 0.29) is 6.42 Å². The fraction of sp³-hybridized carbons (Fsp3) is 0.909. The summed E-state index contributed by atoms with van der Waals surface area (Å²) in [6, 6.07) is 0. The summed E-state index contributed by atoms with van der Waals surface area (Å²) in [5.41, 5.74) is -1.05. The van der Waals surface area contributed by atoms with Crippen molar-refractivity contribution in [1.82, 2.24) is 5.32 Å². The van der Waals surface area contributed by atoms with Gasteiger partial charge in [-0.2, -0.15) is 13.2 Å². The molecule has 0 saturated carbocycles. The molecular weight excluding hydrogens is 251 g/mol. The van der Waals surface area contributed by atoms with Crippen LogP contribution in [0.2, 0.25) is 0 Å². The molecule has 0 spiro atoms. The summed E-state index contributed by atoms with van der Waals surface area (Å²) >= 11 is 0. The molecule has 0 radical (unpaired) electrons. The van der Waals surface area contributed by atoms with Gasteiger partial charge in [0.15, 0.2) is 0 Å². The van der Waals surface area contributed by atoms with Crippen molar-refractivity contribution in [3.8, 4) is 0 Å². The number of methoxy groups -OCH3 is 1. The third-order valence-corrected chi connectivity index (χ3v) is 2.43. The van der Waals surface area contributed by atoms with Crippen LogP contribution in [0.25, 0.3) is 0 Å². The van der Waals surface area contributed by atoms with Gasteiger partial charge in [-0.1, -0.05) is 6.92 Å². The average molecular weight is 271 g/mol. The van der Waals surface area contributed by atoms with Crippen LogP contribution in [0.1, 0.15) is 27.2 Å². The molecule has 0 aromatic carbocycles. The first-order valence-electron chi connectivity index (χ1n) is 5.66. The summed E-state index contributed by atoms with van der Waals surface area (Å²) in [4.78, 5) is 11.6. The lowest BCUT2D eigenvalue weighted by atomic mass is 9.94. The van der Waals surface area contributed by atoms with Crippen LogP contribution in [-0.4, -0.2) is 44.0 Å². The fourth-order valence-electron chi connectivity index (χ4n) is 1.71. The van der Waals surface area contributed by atoms with Gasteiger partial charge in [0.2, 0.25) is 0 Å². The van der Waals surface area contributed by atoms with E-state index in [1.165, 1.54) is 14.0 Å². The summed E-state index contributed by atoms with van der Waals surface area (Å²) < 4.78 is 45.3. The summed E-state index contributed by atoms with van der Waals surface area (Å²) in [7, 11) is 1.24. The molecular formula is C11H20F3NO3. The molecule has 2 unspecified atom stereocenters. The number of carbonyl (C=O) groups is 1. The minimum atomic E-state index is -4.37. The second kappa shape index (κ2) is 6.94. The van der Waals surface area contributed by atoms with Gasteiger partial charge in [-0.3, -0.25) is 4.79 Å². The monoisotopic (exact) mass is 271 g/mol. The fourth-order valence-corrected chi connectivity index (χ4v) is 1.71. The van der Waals surface area contributed by atoms with E-state index in [2.05, 4.69) is 14.8 Å². The van der Waals surface area contributed by atoms with Gasteiger partial charge in [0.05, 0.1) is 13.2 Å². The molecule has 18 heavy (non-hydrogen) atoms. The molecule has 0 heterocycles. The van der Waals surface area contributed by atoms with Gasteiger partial charge < -0.3 is 14.8 Å². The van der Waals surface area contributed by atoms with Crippen LogP contribution in [0.4, 0.5) is 13.2 Å². The predicted molar refractivity (Wildman–Crippen MR) is 60.2 cm³/mol. The molecule has 1 N–H and O–H groups in total. The SMILES string of the molecule is CCNC(C)(CC(C)OCC(F)(F)F)C(=O)OC. The molecule has 0 saturated heterocycles. The topological polar surface area (TPSA) is 47.6 Å². The summed E-state index contributed by atoms with van der Waals surface area (Å²) in [5.74, 6) is -0.521. The first-order valence-corrected chi connectivity index (χ1v) is 5.66. The number of halogens is 3. The van der Waals surface area contributed by atoms with Crippen molar-refractivity contribution in [2.24, 2.45) is 0 Å². The number of esters is 1. The number of likely N-dealkylation sites (N-methyl/N-ethyl adjacent to an activating group) is 1. The first kappa shape index (κ1) is 17.2. The molecule has 7 heteroatoms. The van der Waals surface area contributed by atoms with Crippen molar-refractivity contribution >= 4 is 5.97 Å². The lowest BCUT2D eigenvalue weighted by Gasteiger charge is -2.30. The number of rotatable bonds is 7. The minimum Gasteiger partial charge on any atom is -0.468 e. The maximum atomic E-state index is 12.0. The number of carbonyl (C=O) groups excluding carboxylic acids is 1. The number of alkyl halides is 3. The third-order valence-electron chi connectivity index (χ3n) is 2.43. The molecule has 0 aliphatic rings. The zero-order valence-electron chi connectivity index (χ0n) is 11.1. The van der Waals surface area contributed by atoms with Crippen LogP contribution in [0.5, 0.6) is 0 Å². The Morgan fingerprint density at radius 3 is 2.33 bits per heavy atom. The normalized spacial score (nSPS) is 17.1. The Morgan fingerprint density at radius 2 is 1.94 bits per heavy atom.